The maximum atomic E-state index is 12.2. The minimum atomic E-state index is -5.00. The molecule has 0 fully saturated rings. The van der Waals surface area contributed by atoms with Gasteiger partial charge in [-0.1, -0.05) is 0 Å². The van der Waals surface area contributed by atoms with Crippen molar-refractivity contribution < 1.29 is 26.9 Å². The fourth-order valence-electron chi connectivity index (χ4n) is 0.949. The summed E-state index contributed by atoms with van der Waals surface area (Å²) in [5, 5.41) is 10.3. The van der Waals surface area contributed by atoms with Crippen molar-refractivity contribution in [3.63, 3.8) is 0 Å². The number of rotatable bonds is 2. The summed E-state index contributed by atoms with van der Waals surface area (Å²) < 4.78 is 60.8. The van der Waals surface area contributed by atoms with E-state index in [9.17, 15) is 32.1 Å². The molecule has 0 aliphatic rings. The highest BCUT2D eigenvalue weighted by atomic mass is 19.4. The number of hydrogen-bond acceptors (Lipinski definition) is 3. The van der Waals surface area contributed by atoms with Gasteiger partial charge in [-0.3, -0.25) is 15.1 Å². The SMILES string of the molecule is O=[N+]([O-])c1cc(C(F)F)ncc1C(F)(F)F. The zero-order chi connectivity index (χ0) is 12.5. The summed E-state index contributed by atoms with van der Waals surface area (Å²) >= 11 is 0. The second-order valence-electron chi connectivity index (χ2n) is 2.68. The van der Waals surface area contributed by atoms with Crippen LogP contribution in [0, 0.1) is 10.1 Å². The Bertz CT molecular complexity index is 418. The number of aromatic nitrogens is 1. The van der Waals surface area contributed by atoms with Gasteiger partial charge in [-0.05, 0) is 0 Å². The molecule has 0 N–H and O–H groups in total. The molecule has 0 aliphatic carbocycles. The van der Waals surface area contributed by atoms with Gasteiger partial charge in [0.1, 0.15) is 5.69 Å². The van der Waals surface area contributed by atoms with E-state index in [-0.39, 0.29) is 12.3 Å². The third-order valence-electron chi connectivity index (χ3n) is 1.63. The van der Waals surface area contributed by atoms with E-state index in [1.807, 2.05) is 0 Å². The van der Waals surface area contributed by atoms with Gasteiger partial charge < -0.3 is 0 Å². The quantitative estimate of drug-likeness (QED) is 0.455. The Kier molecular flexibility index (Phi) is 3.06. The molecule has 0 aliphatic heterocycles. The molecular weight excluding hydrogens is 239 g/mol. The lowest BCUT2D eigenvalue weighted by Gasteiger charge is -2.07. The first kappa shape index (κ1) is 12.3. The standard InChI is InChI=1S/C7H3F5N2O2/c8-6(9)4-1-5(14(15)16)3(2-13-4)7(10,11)12/h1-2,6H. The monoisotopic (exact) mass is 242 g/mol. The van der Waals surface area contributed by atoms with E-state index >= 15 is 0 Å². The van der Waals surface area contributed by atoms with Crippen LogP contribution in [0.3, 0.4) is 0 Å². The highest BCUT2D eigenvalue weighted by Crippen LogP contribution is 2.36. The molecular formula is C7H3F5N2O2. The van der Waals surface area contributed by atoms with Crippen LogP contribution in [-0.2, 0) is 6.18 Å². The van der Waals surface area contributed by atoms with E-state index in [4.69, 9.17) is 0 Å². The maximum absolute atomic E-state index is 12.2. The summed E-state index contributed by atoms with van der Waals surface area (Å²) in [4.78, 5) is 11.7. The summed E-state index contributed by atoms with van der Waals surface area (Å²) in [5.41, 5.74) is -4.15. The molecule has 16 heavy (non-hydrogen) atoms. The van der Waals surface area contributed by atoms with Crippen molar-refractivity contribution in [1.29, 1.82) is 0 Å². The van der Waals surface area contributed by atoms with Crippen LogP contribution < -0.4 is 0 Å². The highest BCUT2D eigenvalue weighted by Gasteiger charge is 2.39. The Labute approximate surface area is 84.9 Å². The lowest BCUT2D eigenvalue weighted by atomic mass is 10.2. The summed E-state index contributed by atoms with van der Waals surface area (Å²) in [5.74, 6) is 0. The van der Waals surface area contributed by atoms with Crippen LogP contribution in [0.25, 0.3) is 0 Å². The molecule has 88 valence electrons. The maximum Gasteiger partial charge on any atom is 0.424 e. The minimum absolute atomic E-state index is 0.0274. The average Bonchev–Trinajstić information content (AvgIpc) is 2.15. The number of halogens is 5. The van der Waals surface area contributed by atoms with Crippen LogP contribution in [0.5, 0.6) is 0 Å². The minimum Gasteiger partial charge on any atom is -0.258 e. The molecule has 1 aromatic heterocycles. The van der Waals surface area contributed by atoms with Crippen LogP contribution in [0.15, 0.2) is 12.3 Å². The molecule has 0 atom stereocenters. The highest BCUT2D eigenvalue weighted by molar-refractivity contribution is 5.41. The Morgan fingerprint density at radius 3 is 2.31 bits per heavy atom. The zero-order valence-corrected chi connectivity index (χ0v) is 7.33. The largest absolute Gasteiger partial charge is 0.424 e. The third kappa shape index (κ3) is 2.41. The van der Waals surface area contributed by atoms with Crippen molar-refractivity contribution >= 4 is 5.69 Å². The Balaban J connectivity index is 3.37. The molecule has 0 saturated carbocycles. The van der Waals surface area contributed by atoms with Gasteiger partial charge in [-0.15, -0.1) is 0 Å². The lowest BCUT2D eigenvalue weighted by Crippen LogP contribution is -2.10. The number of pyridine rings is 1. The molecule has 0 bridgehead atoms. The topological polar surface area (TPSA) is 56.0 Å². The molecule has 0 spiro atoms. The number of nitrogens with zero attached hydrogens (tertiary/aromatic N) is 2. The van der Waals surface area contributed by atoms with E-state index in [1.165, 1.54) is 0 Å². The van der Waals surface area contributed by atoms with E-state index in [0.29, 0.717) is 0 Å². The molecule has 4 nitrogen and oxygen atoms in total. The summed E-state index contributed by atoms with van der Waals surface area (Å²) in [6, 6.07) is 0.119. The Morgan fingerprint density at radius 1 is 1.38 bits per heavy atom. The normalized spacial score (nSPS) is 11.9. The third-order valence-corrected chi connectivity index (χ3v) is 1.63. The van der Waals surface area contributed by atoms with E-state index in [1.54, 1.807) is 0 Å². The number of nitro groups is 1. The summed E-state index contributed by atoms with van der Waals surface area (Å²) in [6.07, 6.45) is -8.14. The van der Waals surface area contributed by atoms with E-state index < -0.39 is 34.5 Å². The fourth-order valence-corrected chi connectivity index (χ4v) is 0.949. The first-order chi connectivity index (χ1) is 7.23. The van der Waals surface area contributed by atoms with Gasteiger partial charge >= 0.3 is 6.18 Å². The van der Waals surface area contributed by atoms with Crippen LogP contribution in [0.4, 0.5) is 27.6 Å². The molecule has 0 radical (unpaired) electrons. The van der Waals surface area contributed by atoms with Gasteiger partial charge in [-0.2, -0.15) is 13.2 Å². The Hall–Kier alpha value is -1.80. The van der Waals surface area contributed by atoms with Crippen molar-refractivity contribution in [2.45, 2.75) is 12.6 Å². The van der Waals surface area contributed by atoms with Crippen molar-refractivity contribution in [3.05, 3.63) is 33.6 Å². The van der Waals surface area contributed by atoms with Gasteiger partial charge in [0.15, 0.2) is 5.56 Å². The molecule has 1 heterocycles. The first-order valence-corrected chi connectivity index (χ1v) is 3.73. The molecule has 0 unspecified atom stereocenters. The van der Waals surface area contributed by atoms with Crippen molar-refractivity contribution in [2.75, 3.05) is 0 Å². The molecule has 0 saturated heterocycles. The van der Waals surface area contributed by atoms with E-state index in [0.717, 1.165) is 0 Å². The van der Waals surface area contributed by atoms with Crippen LogP contribution >= 0.6 is 0 Å². The number of alkyl halides is 5. The van der Waals surface area contributed by atoms with Crippen molar-refractivity contribution in [1.82, 2.24) is 4.98 Å². The van der Waals surface area contributed by atoms with Crippen molar-refractivity contribution in [3.8, 4) is 0 Å². The molecule has 9 heteroatoms. The predicted molar refractivity (Wildman–Crippen MR) is 40.9 cm³/mol. The smallest absolute Gasteiger partial charge is 0.258 e. The van der Waals surface area contributed by atoms with E-state index in [2.05, 4.69) is 4.98 Å². The fraction of sp³-hybridized carbons (Fsp3) is 0.286. The Morgan fingerprint density at radius 2 is 1.94 bits per heavy atom. The first-order valence-electron chi connectivity index (χ1n) is 3.73. The van der Waals surface area contributed by atoms with Crippen LogP contribution in [0.2, 0.25) is 0 Å². The van der Waals surface area contributed by atoms with Gasteiger partial charge in [-0.25, -0.2) is 8.78 Å². The second kappa shape index (κ2) is 3.99. The molecule has 0 aromatic carbocycles. The second-order valence-corrected chi connectivity index (χ2v) is 2.68. The van der Waals surface area contributed by atoms with Crippen molar-refractivity contribution in [2.24, 2.45) is 0 Å². The molecule has 1 aromatic rings. The predicted octanol–water partition coefficient (Wildman–Crippen LogP) is 2.95. The van der Waals surface area contributed by atoms with Gasteiger partial charge in [0.2, 0.25) is 0 Å². The molecule has 0 amide bonds. The van der Waals surface area contributed by atoms with Crippen LogP contribution in [-0.4, -0.2) is 9.91 Å². The average molecular weight is 242 g/mol. The van der Waals surface area contributed by atoms with Gasteiger partial charge in [0.05, 0.1) is 4.92 Å². The lowest BCUT2D eigenvalue weighted by molar-refractivity contribution is -0.388. The summed E-state index contributed by atoms with van der Waals surface area (Å²) in [6.45, 7) is 0. The van der Waals surface area contributed by atoms with Crippen LogP contribution in [0.1, 0.15) is 17.7 Å². The van der Waals surface area contributed by atoms with Gasteiger partial charge in [0.25, 0.3) is 12.1 Å². The molecule has 1 rings (SSSR count). The summed E-state index contributed by atoms with van der Waals surface area (Å²) in [7, 11) is 0. The number of hydrogen-bond donors (Lipinski definition) is 0. The van der Waals surface area contributed by atoms with Gasteiger partial charge in [0, 0.05) is 12.3 Å². The zero-order valence-electron chi connectivity index (χ0n) is 7.33.